The number of hydrogen-bond acceptors (Lipinski definition) is 3. The van der Waals surface area contributed by atoms with Crippen LogP contribution in [-0.4, -0.2) is 33.4 Å². The molecule has 0 bridgehead atoms. The topological polar surface area (TPSA) is 78.0 Å². The summed E-state index contributed by atoms with van der Waals surface area (Å²) in [4.78, 5) is 11.7. The van der Waals surface area contributed by atoms with E-state index in [1.807, 2.05) is 0 Å². The van der Waals surface area contributed by atoms with Crippen molar-refractivity contribution in [2.24, 2.45) is 0 Å². The summed E-state index contributed by atoms with van der Waals surface area (Å²) in [6.45, 7) is 2.13. The highest BCUT2D eigenvalue weighted by Crippen LogP contribution is 2.28. The van der Waals surface area contributed by atoms with Crippen molar-refractivity contribution >= 4 is 5.91 Å². The van der Waals surface area contributed by atoms with Crippen molar-refractivity contribution in [1.82, 2.24) is 15.5 Å². The van der Waals surface area contributed by atoms with E-state index in [0.717, 1.165) is 31.4 Å². The third-order valence-electron chi connectivity index (χ3n) is 3.19. The predicted molar refractivity (Wildman–Crippen MR) is 59.1 cm³/mol. The Morgan fingerprint density at radius 1 is 1.62 bits per heavy atom. The molecule has 2 rings (SSSR count). The van der Waals surface area contributed by atoms with E-state index in [4.69, 9.17) is 0 Å². The van der Waals surface area contributed by atoms with Gasteiger partial charge in [-0.3, -0.25) is 9.89 Å². The van der Waals surface area contributed by atoms with Crippen molar-refractivity contribution in [1.29, 1.82) is 0 Å². The number of carbonyl (C=O) groups is 1. The van der Waals surface area contributed by atoms with Gasteiger partial charge in [0.15, 0.2) is 0 Å². The second-order valence-corrected chi connectivity index (χ2v) is 4.52. The zero-order valence-corrected chi connectivity index (χ0v) is 9.42. The summed E-state index contributed by atoms with van der Waals surface area (Å²) in [6, 6.07) is 0. The molecule has 1 saturated carbocycles. The summed E-state index contributed by atoms with van der Waals surface area (Å²) in [5.41, 5.74) is 0.588. The van der Waals surface area contributed by atoms with E-state index in [-0.39, 0.29) is 5.91 Å². The monoisotopic (exact) mass is 223 g/mol. The first-order chi connectivity index (χ1) is 7.61. The Hall–Kier alpha value is -1.36. The van der Waals surface area contributed by atoms with Crippen molar-refractivity contribution in [3.05, 3.63) is 17.5 Å². The van der Waals surface area contributed by atoms with Crippen molar-refractivity contribution in [2.75, 3.05) is 6.54 Å². The van der Waals surface area contributed by atoms with Gasteiger partial charge in [0, 0.05) is 12.2 Å². The number of nitrogens with zero attached hydrogens (tertiary/aromatic N) is 1. The lowest BCUT2D eigenvalue weighted by atomic mass is 10.0. The normalized spacial score (nSPS) is 18.6. The molecule has 0 spiro atoms. The van der Waals surface area contributed by atoms with Crippen LogP contribution in [0, 0.1) is 6.92 Å². The first-order valence-corrected chi connectivity index (χ1v) is 5.61. The highest BCUT2D eigenvalue weighted by atomic mass is 16.3. The van der Waals surface area contributed by atoms with E-state index in [2.05, 4.69) is 15.5 Å². The van der Waals surface area contributed by atoms with Gasteiger partial charge in [-0.05, 0) is 19.8 Å². The molecule has 16 heavy (non-hydrogen) atoms. The fraction of sp³-hybridized carbons (Fsp3) is 0.636. The van der Waals surface area contributed by atoms with Gasteiger partial charge in [0.25, 0.3) is 5.91 Å². The first kappa shape index (κ1) is 11.1. The lowest BCUT2D eigenvalue weighted by Crippen LogP contribution is -2.40. The Balaban J connectivity index is 1.91. The molecule has 1 heterocycles. The average molecular weight is 223 g/mol. The van der Waals surface area contributed by atoms with Crippen LogP contribution in [0.5, 0.6) is 0 Å². The highest BCUT2D eigenvalue weighted by Gasteiger charge is 2.31. The molecule has 0 unspecified atom stereocenters. The minimum atomic E-state index is -0.701. The Labute approximate surface area is 94.2 Å². The number of aliphatic hydroxyl groups is 1. The average Bonchev–Trinajstić information content (AvgIpc) is 2.85. The molecule has 5 heteroatoms. The number of aromatic nitrogens is 2. The van der Waals surface area contributed by atoms with Gasteiger partial charge in [0.2, 0.25) is 0 Å². The molecular weight excluding hydrogens is 206 g/mol. The number of H-pyrrole nitrogens is 1. The molecule has 1 aliphatic carbocycles. The number of nitrogens with one attached hydrogen (secondary N) is 2. The predicted octanol–water partition coefficient (Wildman–Crippen LogP) is 0.753. The van der Waals surface area contributed by atoms with E-state index in [0.29, 0.717) is 12.1 Å². The van der Waals surface area contributed by atoms with Crippen LogP contribution in [0.4, 0.5) is 0 Å². The third-order valence-corrected chi connectivity index (χ3v) is 3.19. The summed E-state index contributed by atoms with van der Waals surface area (Å²) >= 11 is 0. The Morgan fingerprint density at radius 2 is 2.31 bits per heavy atom. The summed E-state index contributed by atoms with van der Waals surface area (Å²) in [7, 11) is 0. The van der Waals surface area contributed by atoms with Gasteiger partial charge >= 0.3 is 0 Å². The van der Waals surface area contributed by atoms with E-state index < -0.39 is 5.60 Å². The minimum Gasteiger partial charge on any atom is -0.388 e. The van der Waals surface area contributed by atoms with Crippen molar-refractivity contribution in [3.63, 3.8) is 0 Å². The maximum absolute atomic E-state index is 11.7. The molecule has 0 radical (unpaired) electrons. The second kappa shape index (κ2) is 4.25. The fourth-order valence-electron chi connectivity index (χ4n) is 2.13. The summed E-state index contributed by atoms with van der Waals surface area (Å²) in [5.74, 6) is -0.174. The van der Waals surface area contributed by atoms with Crippen LogP contribution in [0.3, 0.4) is 0 Å². The van der Waals surface area contributed by atoms with Gasteiger partial charge in [-0.2, -0.15) is 5.10 Å². The number of rotatable bonds is 3. The van der Waals surface area contributed by atoms with Crippen molar-refractivity contribution < 1.29 is 9.90 Å². The van der Waals surface area contributed by atoms with E-state index in [1.54, 1.807) is 6.92 Å². The van der Waals surface area contributed by atoms with E-state index in [9.17, 15) is 9.90 Å². The number of aryl methyl sites for hydroxylation is 1. The fourth-order valence-corrected chi connectivity index (χ4v) is 2.13. The van der Waals surface area contributed by atoms with Crippen LogP contribution >= 0.6 is 0 Å². The number of carbonyl (C=O) groups excluding carboxylic acids is 1. The molecule has 5 nitrogen and oxygen atoms in total. The zero-order chi connectivity index (χ0) is 11.6. The van der Waals surface area contributed by atoms with Crippen molar-refractivity contribution in [3.8, 4) is 0 Å². The summed E-state index contributed by atoms with van der Waals surface area (Å²) in [6.07, 6.45) is 5.13. The van der Waals surface area contributed by atoms with Crippen LogP contribution in [0.1, 0.15) is 41.7 Å². The minimum absolute atomic E-state index is 0.174. The van der Waals surface area contributed by atoms with Gasteiger partial charge in [-0.1, -0.05) is 12.8 Å². The molecule has 0 atom stereocenters. The van der Waals surface area contributed by atoms with Crippen LogP contribution < -0.4 is 5.32 Å². The molecule has 1 aliphatic rings. The Bertz CT molecular complexity index is 380. The standard InChI is InChI=1S/C11H17N3O2/c1-8-9(6-13-14-8)10(15)12-7-11(16)4-2-3-5-11/h6,16H,2-5,7H2,1H3,(H,12,15)(H,13,14). The van der Waals surface area contributed by atoms with Gasteiger partial charge in [-0.25, -0.2) is 0 Å². The van der Waals surface area contributed by atoms with Crippen LogP contribution in [0.25, 0.3) is 0 Å². The summed E-state index contributed by atoms with van der Waals surface area (Å²) in [5, 5.41) is 19.3. The molecule has 1 aromatic heterocycles. The molecule has 1 aromatic rings. The highest BCUT2D eigenvalue weighted by molar-refractivity contribution is 5.94. The van der Waals surface area contributed by atoms with Gasteiger partial charge in [0.05, 0.1) is 17.4 Å². The maximum atomic E-state index is 11.7. The molecular formula is C11H17N3O2. The zero-order valence-electron chi connectivity index (χ0n) is 9.42. The molecule has 0 saturated heterocycles. The number of aromatic amines is 1. The smallest absolute Gasteiger partial charge is 0.254 e. The third kappa shape index (κ3) is 2.24. The molecule has 88 valence electrons. The quantitative estimate of drug-likeness (QED) is 0.707. The van der Waals surface area contributed by atoms with Gasteiger partial charge in [-0.15, -0.1) is 0 Å². The van der Waals surface area contributed by atoms with Gasteiger partial charge < -0.3 is 10.4 Å². The summed E-state index contributed by atoms with van der Waals surface area (Å²) < 4.78 is 0. The Morgan fingerprint density at radius 3 is 2.88 bits per heavy atom. The second-order valence-electron chi connectivity index (χ2n) is 4.52. The van der Waals surface area contributed by atoms with Crippen LogP contribution in [0.15, 0.2) is 6.20 Å². The molecule has 3 N–H and O–H groups in total. The SMILES string of the molecule is Cc1[nH]ncc1C(=O)NCC1(O)CCCC1. The lowest BCUT2D eigenvalue weighted by molar-refractivity contribution is 0.0449. The van der Waals surface area contributed by atoms with Gasteiger partial charge in [0.1, 0.15) is 0 Å². The first-order valence-electron chi connectivity index (χ1n) is 5.61. The van der Waals surface area contributed by atoms with Crippen molar-refractivity contribution in [2.45, 2.75) is 38.2 Å². The molecule has 0 aromatic carbocycles. The maximum Gasteiger partial charge on any atom is 0.254 e. The molecule has 1 fully saturated rings. The largest absolute Gasteiger partial charge is 0.388 e. The van der Waals surface area contributed by atoms with E-state index >= 15 is 0 Å². The lowest BCUT2D eigenvalue weighted by Gasteiger charge is -2.22. The number of hydrogen-bond donors (Lipinski definition) is 3. The van der Waals surface area contributed by atoms with Crippen LogP contribution in [0.2, 0.25) is 0 Å². The van der Waals surface area contributed by atoms with E-state index in [1.165, 1.54) is 6.20 Å². The molecule has 1 amide bonds. The number of amides is 1. The Kier molecular flexibility index (Phi) is 2.96. The molecule has 0 aliphatic heterocycles. The van der Waals surface area contributed by atoms with Crippen LogP contribution in [-0.2, 0) is 0 Å².